The summed E-state index contributed by atoms with van der Waals surface area (Å²) in [4.78, 5) is 16.2. The monoisotopic (exact) mass is 300 g/mol. The van der Waals surface area contributed by atoms with E-state index in [4.69, 9.17) is 4.74 Å². The molecule has 0 aliphatic heterocycles. The van der Waals surface area contributed by atoms with Crippen molar-refractivity contribution in [2.24, 2.45) is 5.92 Å². The summed E-state index contributed by atoms with van der Waals surface area (Å²) in [6.45, 7) is 4.00. The minimum atomic E-state index is -0.574. The number of aromatic nitrogens is 1. The Bertz CT molecular complexity index is 614. The molecule has 116 valence electrons. The fourth-order valence-corrected chi connectivity index (χ4v) is 1.81. The van der Waals surface area contributed by atoms with Crippen LogP contribution in [0.25, 0.3) is 0 Å². The predicted octanol–water partition coefficient (Wildman–Crippen LogP) is 2.62. The Kier molecular flexibility index (Phi) is 5.49. The lowest BCUT2D eigenvalue weighted by molar-refractivity contribution is 0.0869. The van der Waals surface area contributed by atoms with Gasteiger partial charge in [-0.2, -0.15) is 0 Å². The summed E-state index contributed by atoms with van der Waals surface area (Å²) in [7, 11) is 0. The Labute approximate surface area is 130 Å². The number of pyridine rings is 1. The van der Waals surface area contributed by atoms with Crippen molar-refractivity contribution in [1.29, 1.82) is 0 Å². The third kappa shape index (κ3) is 4.30. The lowest BCUT2D eigenvalue weighted by atomic mass is 10.1. The molecule has 2 N–H and O–H groups in total. The molecule has 5 nitrogen and oxygen atoms in total. The number of aliphatic hydroxyl groups is 1. The number of hydrogen-bond acceptors (Lipinski definition) is 4. The molecular formula is C17H20N2O3. The average Bonchev–Trinajstić information content (AvgIpc) is 2.53. The van der Waals surface area contributed by atoms with Gasteiger partial charge in [0.15, 0.2) is 0 Å². The molecule has 1 aromatic carbocycles. The number of rotatable bonds is 6. The normalized spacial score (nSPS) is 12.0. The number of ether oxygens (including phenoxy) is 1. The topological polar surface area (TPSA) is 71.5 Å². The van der Waals surface area contributed by atoms with Crippen molar-refractivity contribution in [3.8, 4) is 11.5 Å². The molecule has 0 radical (unpaired) electrons. The number of para-hydroxylation sites is 1. The number of carbonyl (C=O) groups is 1. The first-order valence-corrected chi connectivity index (χ1v) is 7.21. The van der Waals surface area contributed by atoms with E-state index in [0.29, 0.717) is 17.1 Å². The van der Waals surface area contributed by atoms with Crippen LogP contribution < -0.4 is 10.1 Å². The summed E-state index contributed by atoms with van der Waals surface area (Å²) in [6.07, 6.45) is 2.66. The summed E-state index contributed by atoms with van der Waals surface area (Å²) >= 11 is 0. The van der Waals surface area contributed by atoms with Gasteiger partial charge in [0.1, 0.15) is 11.5 Å². The maximum absolute atomic E-state index is 12.3. The molecule has 1 unspecified atom stereocenters. The Balaban J connectivity index is 2.09. The van der Waals surface area contributed by atoms with Crippen LogP contribution >= 0.6 is 0 Å². The second-order valence-electron chi connectivity index (χ2n) is 5.31. The lowest BCUT2D eigenvalue weighted by Gasteiger charge is -2.16. The molecule has 0 saturated heterocycles. The zero-order valence-corrected chi connectivity index (χ0v) is 12.7. The minimum absolute atomic E-state index is 0.0854. The van der Waals surface area contributed by atoms with E-state index >= 15 is 0 Å². The molecule has 1 amide bonds. The van der Waals surface area contributed by atoms with E-state index in [1.807, 2.05) is 13.8 Å². The highest BCUT2D eigenvalue weighted by Crippen LogP contribution is 2.24. The second-order valence-corrected chi connectivity index (χ2v) is 5.31. The van der Waals surface area contributed by atoms with Gasteiger partial charge in [-0.15, -0.1) is 0 Å². The van der Waals surface area contributed by atoms with Crippen LogP contribution in [-0.4, -0.2) is 28.6 Å². The molecule has 22 heavy (non-hydrogen) atoms. The van der Waals surface area contributed by atoms with Crippen LogP contribution in [0.3, 0.4) is 0 Å². The standard InChI is InChI=1S/C17H20N2O3/c1-12(2)15(20)11-19-17(21)14-7-3-4-8-16(14)22-13-6-5-9-18-10-13/h3-10,12,15,20H,11H2,1-2H3,(H,19,21). The molecule has 0 saturated carbocycles. The van der Waals surface area contributed by atoms with Crippen molar-refractivity contribution in [3.63, 3.8) is 0 Å². The summed E-state index contributed by atoms with van der Waals surface area (Å²) < 4.78 is 5.70. The van der Waals surface area contributed by atoms with E-state index in [-0.39, 0.29) is 18.4 Å². The number of amides is 1. The van der Waals surface area contributed by atoms with Gasteiger partial charge in [0.2, 0.25) is 0 Å². The molecule has 1 aromatic heterocycles. The smallest absolute Gasteiger partial charge is 0.255 e. The Morgan fingerprint density at radius 3 is 2.73 bits per heavy atom. The second kappa shape index (κ2) is 7.56. The van der Waals surface area contributed by atoms with Gasteiger partial charge >= 0.3 is 0 Å². The maximum atomic E-state index is 12.3. The highest BCUT2D eigenvalue weighted by molar-refractivity contribution is 5.97. The highest BCUT2D eigenvalue weighted by Gasteiger charge is 2.15. The summed E-state index contributed by atoms with van der Waals surface area (Å²) in [5, 5.41) is 12.5. The van der Waals surface area contributed by atoms with Crippen LogP contribution in [0.5, 0.6) is 11.5 Å². The zero-order chi connectivity index (χ0) is 15.9. The number of nitrogens with zero attached hydrogens (tertiary/aromatic N) is 1. The van der Waals surface area contributed by atoms with Gasteiger partial charge in [0.25, 0.3) is 5.91 Å². The van der Waals surface area contributed by atoms with Crippen molar-refractivity contribution in [2.45, 2.75) is 20.0 Å². The van der Waals surface area contributed by atoms with Crippen LogP contribution in [0.2, 0.25) is 0 Å². The van der Waals surface area contributed by atoms with E-state index in [1.165, 1.54) is 0 Å². The summed E-state index contributed by atoms with van der Waals surface area (Å²) in [6, 6.07) is 10.5. The van der Waals surface area contributed by atoms with Crippen molar-refractivity contribution >= 4 is 5.91 Å². The van der Waals surface area contributed by atoms with Gasteiger partial charge in [-0.25, -0.2) is 0 Å². The molecule has 0 fully saturated rings. The molecule has 0 aliphatic carbocycles. The summed E-state index contributed by atoms with van der Waals surface area (Å²) in [5.74, 6) is 0.818. The van der Waals surface area contributed by atoms with Crippen LogP contribution in [0.1, 0.15) is 24.2 Å². The van der Waals surface area contributed by atoms with E-state index in [2.05, 4.69) is 10.3 Å². The Morgan fingerprint density at radius 2 is 2.05 bits per heavy atom. The van der Waals surface area contributed by atoms with E-state index in [1.54, 1.807) is 48.8 Å². The van der Waals surface area contributed by atoms with Gasteiger partial charge in [0.05, 0.1) is 17.9 Å². The number of nitrogens with one attached hydrogen (secondary N) is 1. The molecule has 2 aromatic rings. The molecule has 0 aliphatic rings. The quantitative estimate of drug-likeness (QED) is 0.860. The third-order valence-electron chi connectivity index (χ3n) is 3.24. The third-order valence-corrected chi connectivity index (χ3v) is 3.24. The van der Waals surface area contributed by atoms with E-state index in [0.717, 1.165) is 0 Å². The highest BCUT2D eigenvalue weighted by atomic mass is 16.5. The van der Waals surface area contributed by atoms with Crippen molar-refractivity contribution in [2.75, 3.05) is 6.54 Å². The molecule has 0 spiro atoms. The Hall–Kier alpha value is -2.40. The molecular weight excluding hydrogens is 280 g/mol. The molecule has 5 heteroatoms. The first-order chi connectivity index (χ1) is 10.6. The fourth-order valence-electron chi connectivity index (χ4n) is 1.81. The number of benzene rings is 1. The van der Waals surface area contributed by atoms with Gasteiger partial charge in [-0.3, -0.25) is 9.78 Å². The van der Waals surface area contributed by atoms with Crippen LogP contribution in [0, 0.1) is 5.92 Å². The molecule has 1 atom stereocenters. The first kappa shape index (κ1) is 16.0. The predicted molar refractivity (Wildman–Crippen MR) is 83.9 cm³/mol. The number of carbonyl (C=O) groups excluding carboxylic acids is 1. The minimum Gasteiger partial charge on any atom is -0.455 e. The number of hydrogen-bond donors (Lipinski definition) is 2. The van der Waals surface area contributed by atoms with E-state index in [9.17, 15) is 9.90 Å². The van der Waals surface area contributed by atoms with Gasteiger partial charge in [-0.1, -0.05) is 26.0 Å². The molecule has 2 rings (SSSR count). The zero-order valence-electron chi connectivity index (χ0n) is 12.7. The van der Waals surface area contributed by atoms with Crippen LogP contribution in [0.4, 0.5) is 0 Å². The lowest BCUT2D eigenvalue weighted by Crippen LogP contribution is -2.34. The summed E-state index contributed by atoms with van der Waals surface area (Å²) in [5.41, 5.74) is 0.419. The van der Waals surface area contributed by atoms with Gasteiger partial charge < -0.3 is 15.2 Å². The van der Waals surface area contributed by atoms with Crippen molar-refractivity contribution in [3.05, 3.63) is 54.4 Å². The van der Waals surface area contributed by atoms with Crippen LogP contribution in [0.15, 0.2) is 48.8 Å². The SMILES string of the molecule is CC(C)C(O)CNC(=O)c1ccccc1Oc1cccnc1. The number of aliphatic hydroxyl groups excluding tert-OH is 1. The molecule has 0 bridgehead atoms. The first-order valence-electron chi connectivity index (χ1n) is 7.21. The Morgan fingerprint density at radius 1 is 1.27 bits per heavy atom. The van der Waals surface area contributed by atoms with Gasteiger partial charge in [0, 0.05) is 12.7 Å². The van der Waals surface area contributed by atoms with E-state index < -0.39 is 6.10 Å². The maximum Gasteiger partial charge on any atom is 0.255 e. The largest absolute Gasteiger partial charge is 0.455 e. The average molecular weight is 300 g/mol. The fraction of sp³-hybridized carbons (Fsp3) is 0.294. The van der Waals surface area contributed by atoms with Crippen LogP contribution in [-0.2, 0) is 0 Å². The van der Waals surface area contributed by atoms with Crippen molar-refractivity contribution < 1.29 is 14.6 Å². The van der Waals surface area contributed by atoms with Gasteiger partial charge in [-0.05, 0) is 30.2 Å². The molecule has 1 heterocycles. The van der Waals surface area contributed by atoms with Crippen molar-refractivity contribution in [1.82, 2.24) is 10.3 Å².